The summed E-state index contributed by atoms with van der Waals surface area (Å²) in [4.78, 5) is 5.92. The Balaban J connectivity index is 2.09. The molecular weight excluding hydrogens is 406 g/mol. The fourth-order valence-electron chi connectivity index (χ4n) is 2.87. The highest BCUT2D eigenvalue weighted by atomic mass is 32.2. The zero-order valence-electron chi connectivity index (χ0n) is 16.8. The van der Waals surface area contributed by atoms with Crippen molar-refractivity contribution in [3.05, 3.63) is 64.8 Å². The lowest BCUT2D eigenvalue weighted by atomic mass is 10.2. The van der Waals surface area contributed by atoms with Gasteiger partial charge in [-0.25, -0.2) is 17.7 Å². The second-order valence-corrected chi connectivity index (χ2v) is 9.65. The van der Waals surface area contributed by atoms with Crippen molar-refractivity contribution in [3.8, 4) is 11.3 Å². The Morgan fingerprint density at radius 2 is 1.86 bits per heavy atom. The van der Waals surface area contributed by atoms with Gasteiger partial charge in [-0.05, 0) is 30.7 Å². The number of benzene rings is 2. The maximum Gasteiger partial charge on any atom is 0.242 e. The molecule has 0 amide bonds. The van der Waals surface area contributed by atoms with Crippen LogP contribution in [-0.2, 0) is 21.3 Å². The van der Waals surface area contributed by atoms with Crippen molar-refractivity contribution in [3.63, 3.8) is 0 Å². The van der Waals surface area contributed by atoms with E-state index in [1.54, 1.807) is 25.3 Å². The molecule has 3 rings (SSSR count). The number of aromatic nitrogens is 1. The van der Waals surface area contributed by atoms with Gasteiger partial charge in [0.1, 0.15) is 0 Å². The van der Waals surface area contributed by atoms with Crippen molar-refractivity contribution in [1.82, 2.24) is 8.87 Å². The van der Waals surface area contributed by atoms with E-state index in [4.69, 9.17) is 9.73 Å². The molecule has 0 spiro atoms. The molecule has 8 heteroatoms. The number of hydrogen-bond donors (Lipinski definition) is 0. The number of methoxy groups -OCH3 is 1. The van der Waals surface area contributed by atoms with Crippen LogP contribution >= 0.6 is 11.3 Å². The molecule has 0 aliphatic rings. The predicted octanol–water partition coefficient (Wildman–Crippen LogP) is 3.74. The Morgan fingerprint density at radius 1 is 1.10 bits per heavy atom. The molecule has 0 aliphatic carbocycles. The van der Waals surface area contributed by atoms with Crippen molar-refractivity contribution in [2.24, 2.45) is 4.99 Å². The summed E-state index contributed by atoms with van der Waals surface area (Å²) in [6.45, 7) is 1.37. The molecule has 3 aromatic rings. The van der Waals surface area contributed by atoms with Crippen LogP contribution in [-0.4, -0.2) is 45.1 Å². The van der Waals surface area contributed by atoms with Gasteiger partial charge in [0.05, 0.1) is 16.3 Å². The minimum Gasteiger partial charge on any atom is -0.385 e. The topological polar surface area (TPSA) is 63.9 Å². The summed E-state index contributed by atoms with van der Waals surface area (Å²) in [6.07, 6.45) is 0.831. The average molecular weight is 432 g/mol. The van der Waals surface area contributed by atoms with E-state index in [1.807, 2.05) is 41.8 Å². The fraction of sp³-hybridized carbons (Fsp3) is 0.286. The van der Waals surface area contributed by atoms with Gasteiger partial charge in [0, 0.05) is 45.3 Å². The SMILES string of the molecule is COCCCn1c(-c2cccc(S(=O)(=O)N(C)C)c2)csc1=Nc1ccccc1. The molecular formula is C21H25N3O3S2. The van der Waals surface area contributed by atoms with Gasteiger partial charge in [-0.1, -0.05) is 30.3 Å². The molecule has 0 fully saturated rings. The monoisotopic (exact) mass is 431 g/mol. The second-order valence-electron chi connectivity index (χ2n) is 6.66. The number of thiazole rings is 1. The van der Waals surface area contributed by atoms with Crippen LogP contribution < -0.4 is 4.80 Å². The number of para-hydroxylation sites is 1. The molecule has 1 heterocycles. The van der Waals surface area contributed by atoms with E-state index in [9.17, 15) is 8.42 Å². The van der Waals surface area contributed by atoms with Gasteiger partial charge in [-0.15, -0.1) is 11.3 Å². The third kappa shape index (κ3) is 5.02. The van der Waals surface area contributed by atoms with Crippen LogP contribution in [0, 0.1) is 0 Å². The average Bonchev–Trinajstić information content (AvgIpc) is 3.11. The summed E-state index contributed by atoms with van der Waals surface area (Å²) in [7, 11) is 1.26. The summed E-state index contributed by atoms with van der Waals surface area (Å²) in [5, 5.41) is 2.02. The van der Waals surface area contributed by atoms with E-state index in [2.05, 4.69) is 4.57 Å². The maximum atomic E-state index is 12.5. The molecule has 0 saturated heterocycles. The van der Waals surface area contributed by atoms with Crippen molar-refractivity contribution in [2.75, 3.05) is 27.8 Å². The lowest BCUT2D eigenvalue weighted by Crippen LogP contribution is -2.22. The molecule has 0 radical (unpaired) electrons. The Kier molecular flexibility index (Phi) is 7.02. The van der Waals surface area contributed by atoms with Gasteiger partial charge < -0.3 is 9.30 Å². The molecule has 0 aliphatic heterocycles. The Bertz CT molecular complexity index is 1120. The minimum atomic E-state index is -3.50. The van der Waals surface area contributed by atoms with Crippen molar-refractivity contribution < 1.29 is 13.2 Å². The second kappa shape index (κ2) is 9.49. The number of nitrogens with zero attached hydrogens (tertiary/aromatic N) is 3. The van der Waals surface area contributed by atoms with E-state index < -0.39 is 10.0 Å². The summed E-state index contributed by atoms with van der Waals surface area (Å²) in [6, 6.07) is 16.8. The zero-order valence-corrected chi connectivity index (χ0v) is 18.4. The lowest BCUT2D eigenvalue weighted by molar-refractivity contribution is 0.190. The molecule has 29 heavy (non-hydrogen) atoms. The summed E-state index contributed by atoms with van der Waals surface area (Å²) in [5.41, 5.74) is 2.66. The summed E-state index contributed by atoms with van der Waals surface area (Å²) in [5.74, 6) is 0. The van der Waals surface area contributed by atoms with Gasteiger partial charge in [-0.3, -0.25) is 0 Å². The van der Waals surface area contributed by atoms with Gasteiger partial charge in [0.15, 0.2) is 4.80 Å². The van der Waals surface area contributed by atoms with Gasteiger partial charge in [0.2, 0.25) is 10.0 Å². The molecule has 2 aromatic carbocycles. The van der Waals surface area contributed by atoms with Gasteiger partial charge in [0.25, 0.3) is 0 Å². The molecule has 1 aromatic heterocycles. The molecule has 0 unspecified atom stereocenters. The maximum absolute atomic E-state index is 12.5. The van der Waals surface area contributed by atoms with Crippen LogP contribution in [0.25, 0.3) is 11.3 Å². The van der Waals surface area contributed by atoms with E-state index in [-0.39, 0.29) is 4.90 Å². The Labute approximate surface area is 175 Å². The first-order valence-corrected chi connectivity index (χ1v) is 11.6. The standard InChI is InChI=1S/C21H25N3O3S2/c1-23(2)29(25,26)19-12-7-9-17(15-19)20-16-28-21(24(20)13-8-14-27-3)22-18-10-5-4-6-11-18/h4-7,9-12,15-16H,8,13-14H2,1-3H3. The number of rotatable bonds is 8. The predicted molar refractivity (Wildman–Crippen MR) is 117 cm³/mol. The molecule has 0 saturated carbocycles. The molecule has 0 N–H and O–H groups in total. The van der Waals surface area contributed by atoms with Crippen LogP contribution in [0.5, 0.6) is 0 Å². The number of hydrogen-bond acceptors (Lipinski definition) is 5. The third-order valence-corrected chi connectivity index (χ3v) is 7.09. The van der Waals surface area contributed by atoms with E-state index in [0.717, 1.165) is 34.7 Å². The Hall–Kier alpha value is -2.26. The van der Waals surface area contributed by atoms with Crippen LogP contribution in [0.2, 0.25) is 0 Å². The van der Waals surface area contributed by atoms with Crippen LogP contribution in [0.3, 0.4) is 0 Å². The smallest absolute Gasteiger partial charge is 0.242 e. The van der Waals surface area contributed by atoms with Gasteiger partial charge in [-0.2, -0.15) is 0 Å². The zero-order chi connectivity index (χ0) is 20.9. The molecule has 6 nitrogen and oxygen atoms in total. The number of sulfonamides is 1. The fourth-order valence-corrected chi connectivity index (χ4v) is 4.78. The van der Waals surface area contributed by atoms with Crippen molar-refractivity contribution >= 4 is 27.0 Å². The highest BCUT2D eigenvalue weighted by Gasteiger charge is 2.18. The quantitative estimate of drug-likeness (QED) is 0.511. The van der Waals surface area contributed by atoms with Crippen molar-refractivity contribution in [1.29, 1.82) is 0 Å². The first-order valence-electron chi connectivity index (χ1n) is 9.23. The highest BCUT2D eigenvalue weighted by molar-refractivity contribution is 7.89. The first-order chi connectivity index (χ1) is 13.9. The van der Waals surface area contributed by atoms with E-state index >= 15 is 0 Å². The first kappa shape index (κ1) is 21.4. The largest absolute Gasteiger partial charge is 0.385 e. The van der Waals surface area contributed by atoms with Crippen LogP contribution in [0.1, 0.15) is 6.42 Å². The van der Waals surface area contributed by atoms with Crippen LogP contribution in [0.4, 0.5) is 5.69 Å². The van der Waals surface area contributed by atoms with Gasteiger partial charge >= 0.3 is 0 Å². The van der Waals surface area contributed by atoms with E-state index in [0.29, 0.717) is 6.61 Å². The van der Waals surface area contributed by atoms with E-state index in [1.165, 1.54) is 29.7 Å². The molecule has 154 valence electrons. The minimum absolute atomic E-state index is 0.274. The lowest BCUT2D eigenvalue weighted by Gasteiger charge is -2.13. The highest BCUT2D eigenvalue weighted by Crippen LogP contribution is 2.25. The van der Waals surface area contributed by atoms with Crippen LogP contribution in [0.15, 0.2) is 69.9 Å². The summed E-state index contributed by atoms with van der Waals surface area (Å²) >= 11 is 1.54. The molecule has 0 bridgehead atoms. The number of ether oxygens (including phenoxy) is 1. The summed E-state index contributed by atoms with van der Waals surface area (Å²) < 4.78 is 33.6. The normalized spacial score (nSPS) is 12.6. The third-order valence-electron chi connectivity index (χ3n) is 4.42. The Morgan fingerprint density at radius 3 is 2.55 bits per heavy atom. The van der Waals surface area contributed by atoms with Crippen molar-refractivity contribution in [2.45, 2.75) is 17.9 Å². The molecule has 0 atom stereocenters.